The zero-order valence-corrected chi connectivity index (χ0v) is 24.1. The summed E-state index contributed by atoms with van der Waals surface area (Å²) in [6.07, 6.45) is 41.3. The standard InChI is InChI=1S/C35H64/c1-3-5-7-8-9-10-11-15-32-22-26-34(27-23-32)35-28-24-33(25-29-35)17-13-12-16-31-20-18-30(19-21-31)14-6-4-2/h4,30-35H,2-3,5-29H2,1H3. The van der Waals surface area contributed by atoms with Gasteiger partial charge in [-0.1, -0.05) is 141 Å². The summed E-state index contributed by atoms with van der Waals surface area (Å²) in [5, 5.41) is 0. The molecule has 0 heteroatoms. The van der Waals surface area contributed by atoms with Crippen molar-refractivity contribution in [3.63, 3.8) is 0 Å². The smallest absolute Gasteiger partial charge is 0.0351 e. The Bertz CT molecular complexity index is 496. The molecule has 0 aliphatic heterocycles. The maximum atomic E-state index is 3.90. The number of hydrogen-bond donors (Lipinski definition) is 0. The minimum Gasteiger partial charge on any atom is -0.103 e. The molecule has 0 aromatic carbocycles. The molecule has 0 aromatic heterocycles. The first-order chi connectivity index (χ1) is 17.3. The van der Waals surface area contributed by atoms with Gasteiger partial charge in [0.1, 0.15) is 0 Å². The fourth-order valence-electron chi connectivity index (χ4n) is 8.32. The Balaban J connectivity index is 1.15. The van der Waals surface area contributed by atoms with E-state index >= 15 is 0 Å². The number of unbranched alkanes of at least 4 members (excludes halogenated alkanes) is 7. The summed E-state index contributed by atoms with van der Waals surface area (Å²) in [5.41, 5.74) is 0. The number of allylic oxidation sites excluding steroid dienone is 1. The van der Waals surface area contributed by atoms with Crippen LogP contribution < -0.4 is 0 Å². The Morgan fingerprint density at radius 1 is 0.457 bits per heavy atom. The van der Waals surface area contributed by atoms with Gasteiger partial charge in [-0.2, -0.15) is 0 Å². The van der Waals surface area contributed by atoms with E-state index in [1.807, 2.05) is 0 Å². The van der Waals surface area contributed by atoms with Crippen LogP contribution >= 0.6 is 0 Å². The average Bonchev–Trinajstić information content (AvgIpc) is 2.91. The van der Waals surface area contributed by atoms with E-state index in [2.05, 4.69) is 19.6 Å². The first-order valence-corrected chi connectivity index (χ1v) is 16.9. The molecule has 3 aliphatic rings. The molecule has 3 fully saturated rings. The Hall–Kier alpha value is -0.260. The van der Waals surface area contributed by atoms with Crippen LogP contribution in [-0.2, 0) is 0 Å². The van der Waals surface area contributed by atoms with Gasteiger partial charge in [0, 0.05) is 0 Å². The van der Waals surface area contributed by atoms with Crippen LogP contribution in [0.4, 0.5) is 0 Å². The lowest BCUT2D eigenvalue weighted by atomic mass is 9.68. The Kier molecular flexibility index (Phi) is 15.1. The van der Waals surface area contributed by atoms with E-state index in [1.165, 1.54) is 103 Å². The maximum absolute atomic E-state index is 3.90. The quantitative estimate of drug-likeness (QED) is 0.142. The number of rotatable bonds is 17. The van der Waals surface area contributed by atoms with E-state index in [1.54, 1.807) is 64.2 Å². The summed E-state index contributed by atoms with van der Waals surface area (Å²) in [7, 11) is 0. The summed E-state index contributed by atoms with van der Waals surface area (Å²) in [6.45, 7) is 6.22. The van der Waals surface area contributed by atoms with Gasteiger partial charge in [0.05, 0.1) is 0 Å². The van der Waals surface area contributed by atoms with Crippen molar-refractivity contribution in [3.8, 4) is 0 Å². The van der Waals surface area contributed by atoms with Gasteiger partial charge in [0.15, 0.2) is 0 Å². The molecule has 0 amide bonds. The fourth-order valence-corrected chi connectivity index (χ4v) is 8.32. The molecule has 0 radical (unpaired) electrons. The van der Waals surface area contributed by atoms with Crippen LogP contribution in [0.25, 0.3) is 0 Å². The monoisotopic (exact) mass is 485 g/mol. The van der Waals surface area contributed by atoms with Crippen LogP contribution in [-0.4, -0.2) is 0 Å². The maximum Gasteiger partial charge on any atom is -0.0351 e. The SMILES string of the molecule is C=CCCC1CCC(CCCCC2CCC(C3CCC(CCCCCCCCC)CC3)CC2)CC1. The first-order valence-electron chi connectivity index (χ1n) is 16.9. The second-order valence-corrected chi connectivity index (χ2v) is 13.5. The van der Waals surface area contributed by atoms with Gasteiger partial charge in [-0.3, -0.25) is 0 Å². The Labute approximate surface area is 221 Å². The van der Waals surface area contributed by atoms with Crippen LogP contribution in [0.3, 0.4) is 0 Å². The minimum atomic E-state index is 1.01. The molecule has 0 heterocycles. The van der Waals surface area contributed by atoms with E-state index in [4.69, 9.17) is 0 Å². The van der Waals surface area contributed by atoms with Gasteiger partial charge in [0.25, 0.3) is 0 Å². The molecule has 0 unspecified atom stereocenters. The van der Waals surface area contributed by atoms with Gasteiger partial charge in [-0.15, -0.1) is 6.58 Å². The van der Waals surface area contributed by atoms with Crippen LogP contribution in [0.5, 0.6) is 0 Å². The van der Waals surface area contributed by atoms with Gasteiger partial charge in [-0.05, 0) is 74.0 Å². The highest BCUT2D eigenvalue weighted by Gasteiger charge is 2.30. The van der Waals surface area contributed by atoms with E-state index < -0.39 is 0 Å². The van der Waals surface area contributed by atoms with Gasteiger partial charge in [0.2, 0.25) is 0 Å². The molecule has 3 saturated carbocycles. The second-order valence-electron chi connectivity index (χ2n) is 13.5. The van der Waals surface area contributed by atoms with Crippen molar-refractivity contribution in [2.75, 3.05) is 0 Å². The van der Waals surface area contributed by atoms with Crippen molar-refractivity contribution in [1.82, 2.24) is 0 Å². The van der Waals surface area contributed by atoms with E-state index in [-0.39, 0.29) is 0 Å². The van der Waals surface area contributed by atoms with Crippen molar-refractivity contribution in [3.05, 3.63) is 12.7 Å². The summed E-state index contributed by atoms with van der Waals surface area (Å²) < 4.78 is 0. The molecular weight excluding hydrogens is 420 g/mol. The normalized spacial score (nSPS) is 31.9. The topological polar surface area (TPSA) is 0 Å². The largest absolute Gasteiger partial charge is 0.103 e. The molecule has 3 rings (SSSR count). The molecule has 35 heavy (non-hydrogen) atoms. The van der Waals surface area contributed by atoms with Gasteiger partial charge >= 0.3 is 0 Å². The molecule has 0 aromatic rings. The molecule has 0 N–H and O–H groups in total. The van der Waals surface area contributed by atoms with Crippen LogP contribution in [0, 0.1) is 35.5 Å². The third-order valence-corrected chi connectivity index (χ3v) is 10.9. The highest BCUT2D eigenvalue weighted by Crippen LogP contribution is 2.43. The highest BCUT2D eigenvalue weighted by atomic mass is 14.4. The van der Waals surface area contributed by atoms with E-state index in [0.717, 1.165) is 35.5 Å². The predicted molar refractivity (Wildman–Crippen MR) is 157 cm³/mol. The van der Waals surface area contributed by atoms with Crippen LogP contribution in [0.1, 0.15) is 174 Å². The molecule has 0 bridgehead atoms. The van der Waals surface area contributed by atoms with Crippen molar-refractivity contribution in [1.29, 1.82) is 0 Å². The van der Waals surface area contributed by atoms with Crippen molar-refractivity contribution in [2.24, 2.45) is 35.5 Å². The van der Waals surface area contributed by atoms with Crippen LogP contribution in [0.2, 0.25) is 0 Å². The summed E-state index contributed by atoms with van der Waals surface area (Å²) in [5.74, 6) is 6.44. The summed E-state index contributed by atoms with van der Waals surface area (Å²) >= 11 is 0. The minimum absolute atomic E-state index is 1.01. The lowest BCUT2D eigenvalue weighted by Crippen LogP contribution is -2.26. The van der Waals surface area contributed by atoms with Crippen molar-refractivity contribution in [2.45, 2.75) is 174 Å². The first kappa shape index (κ1) is 29.3. The number of hydrogen-bond acceptors (Lipinski definition) is 0. The van der Waals surface area contributed by atoms with E-state index in [9.17, 15) is 0 Å². The Morgan fingerprint density at radius 2 is 0.800 bits per heavy atom. The van der Waals surface area contributed by atoms with Crippen molar-refractivity contribution >= 4 is 0 Å². The average molecular weight is 485 g/mol. The third-order valence-electron chi connectivity index (χ3n) is 10.9. The molecule has 0 atom stereocenters. The lowest BCUT2D eigenvalue weighted by molar-refractivity contribution is 0.139. The van der Waals surface area contributed by atoms with Gasteiger partial charge in [-0.25, -0.2) is 0 Å². The zero-order valence-electron chi connectivity index (χ0n) is 24.1. The molecule has 3 aliphatic carbocycles. The van der Waals surface area contributed by atoms with Crippen LogP contribution in [0.15, 0.2) is 12.7 Å². The second kappa shape index (κ2) is 18.1. The molecule has 0 spiro atoms. The Morgan fingerprint density at radius 3 is 1.23 bits per heavy atom. The molecule has 204 valence electrons. The highest BCUT2D eigenvalue weighted by molar-refractivity contribution is 4.82. The summed E-state index contributed by atoms with van der Waals surface area (Å²) in [6, 6.07) is 0. The van der Waals surface area contributed by atoms with E-state index in [0.29, 0.717) is 0 Å². The molecular formula is C35H64. The fraction of sp³-hybridized carbons (Fsp3) is 0.943. The van der Waals surface area contributed by atoms with Gasteiger partial charge < -0.3 is 0 Å². The predicted octanol–water partition coefficient (Wildman–Crippen LogP) is 12.1. The molecule has 0 saturated heterocycles. The zero-order chi connectivity index (χ0) is 24.6. The van der Waals surface area contributed by atoms with Crippen molar-refractivity contribution < 1.29 is 0 Å². The molecule has 0 nitrogen and oxygen atoms in total. The third kappa shape index (κ3) is 11.8. The summed E-state index contributed by atoms with van der Waals surface area (Å²) in [4.78, 5) is 0. The lowest BCUT2D eigenvalue weighted by Gasteiger charge is -2.38.